The minimum atomic E-state index is -1.01. The summed E-state index contributed by atoms with van der Waals surface area (Å²) in [5, 5.41) is 17.7. The van der Waals surface area contributed by atoms with Gasteiger partial charge < -0.3 is 15.3 Å². The molecule has 1 saturated heterocycles. The van der Waals surface area contributed by atoms with Crippen molar-refractivity contribution in [3.63, 3.8) is 0 Å². The second kappa shape index (κ2) is 5.57. The van der Waals surface area contributed by atoms with Crippen LogP contribution in [0.3, 0.4) is 0 Å². The van der Waals surface area contributed by atoms with E-state index in [1.165, 1.54) is 0 Å². The van der Waals surface area contributed by atoms with E-state index in [4.69, 9.17) is 0 Å². The summed E-state index contributed by atoms with van der Waals surface area (Å²) in [6, 6.07) is 1.98. The van der Waals surface area contributed by atoms with Crippen LogP contribution in [0.1, 0.15) is 25.0 Å². The van der Waals surface area contributed by atoms with Crippen LogP contribution in [0.5, 0.6) is 0 Å². The Kier molecular flexibility index (Phi) is 3.74. The summed E-state index contributed by atoms with van der Waals surface area (Å²) in [6.45, 7) is 3.15. The smallest absolute Gasteiger partial charge is 0.222 e. The lowest BCUT2D eigenvalue weighted by Crippen LogP contribution is -2.50. The third-order valence-electron chi connectivity index (χ3n) is 4.12. The summed E-state index contributed by atoms with van der Waals surface area (Å²) in [5.41, 5.74) is 0.832. The van der Waals surface area contributed by atoms with E-state index in [0.717, 1.165) is 30.0 Å². The Morgan fingerprint density at radius 1 is 1.55 bits per heavy atom. The fraction of sp³-hybridized carbons (Fsp3) is 0.533. The normalized spacial score (nSPS) is 22.0. The van der Waals surface area contributed by atoms with Crippen molar-refractivity contribution in [3.8, 4) is 0 Å². The number of rotatable bonds is 3. The topological polar surface area (TPSA) is 82.8 Å². The Labute approximate surface area is 129 Å². The predicted molar refractivity (Wildman–Crippen MR) is 82.8 cm³/mol. The maximum atomic E-state index is 11.6. The molecule has 7 nitrogen and oxygen atoms in total. The van der Waals surface area contributed by atoms with Gasteiger partial charge in [0.05, 0.1) is 17.7 Å². The van der Waals surface area contributed by atoms with Gasteiger partial charge in [-0.15, -0.1) is 0 Å². The number of nitrogens with zero attached hydrogens (tertiary/aromatic N) is 4. The van der Waals surface area contributed by atoms with Gasteiger partial charge in [-0.25, -0.2) is 9.50 Å². The molecule has 118 valence electrons. The lowest BCUT2D eigenvalue weighted by atomic mass is 9.89. The molecule has 1 unspecified atom stereocenters. The highest BCUT2D eigenvalue weighted by Crippen LogP contribution is 2.29. The number of piperidine rings is 1. The van der Waals surface area contributed by atoms with E-state index in [1.54, 1.807) is 17.8 Å². The lowest BCUT2D eigenvalue weighted by Gasteiger charge is -2.39. The maximum Gasteiger partial charge on any atom is 0.222 e. The number of hydrogen-bond acceptors (Lipinski definition) is 5. The Morgan fingerprint density at radius 3 is 3.14 bits per heavy atom. The number of nitrogens with one attached hydrogen (secondary N) is 1. The molecule has 1 fully saturated rings. The highest BCUT2D eigenvalue weighted by molar-refractivity contribution is 5.77. The van der Waals surface area contributed by atoms with Crippen molar-refractivity contribution in [1.29, 1.82) is 0 Å². The van der Waals surface area contributed by atoms with Crippen LogP contribution >= 0.6 is 0 Å². The molecule has 2 aromatic heterocycles. The van der Waals surface area contributed by atoms with Gasteiger partial charge in [0, 0.05) is 32.5 Å². The van der Waals surface area contributed by atoms with Crippen molar-refractivity contribution in [3.05, 3.63) is 24.2 Å². The molecule has 0 aromatic carbocycles. The second-order valence-electron chi connectivity index (χ2n) is 5.97. The number of carbonyl (C=O) groups excluding carboxylic acids is 1. The zero-order valence-electron chi connectivity index (χ0n) is 12.9. The van der Waals surface area contributed by atoms with E-state index in [9.17, 15) is 9.90 Å². The van der Waals surface area contributed by atoms with Crippen molar-refractivity contribution in [2.45, 2.75) is 31.8 Å². The first-order valence-corrected chi connectivity index (χ1v) is 7.50. The minimum Gasteiger partial charge on any atom is -0.388 e. The summed E-state index contributed by atoms with van der Waals surface area (Å²) >= 11 is 0. The molecule has 0 spiro atoms. The van der Waals surface area contributed by atoms with Crippen molar-refractivity contribution < 1.29 is 9.90 Å². The first kappa shape index (κ1) is 14.8. The third kappa shape index (κ3) is 2.76. The van der Waals surface area contributed by atoms with Gasteiger partial charge in [-0.3, -0.25) is 4.79 Å². The number of carbonyl (C=O) groups is 1. The number of anilines is 1. The molecule has 3 rings (SSSR count). The number of amides is 1. The van der Waals surface area contributed by atoms with Crippen LogP contribution in [0.4, 0.5) is 5.82 Å². The van der Waals surface area contributed by atoms with Crippen molar-refractivity contribution >= 4 is 17.2 Å². The Balaban J connectivity index is 1.89. The molecule has 0 saturated carbocycles. The van der Waals surface area contributed by atoms with Crippen molar-refractivity contribution in [1.82, 2.24) is 19.9 Å². The summed E-state index contributed by atoms with van der Waals surface area (Å²) in [6.07, 6.45) is 5.08. The fourth-order valence-corrected chi connectivity index (χ4v) is 3.10. The molecule has 2 N–H and O–H groups in total. The van der Waals surface area contributed by atoms with Crippen LogP contribution in [-0.2, 0) is 4.79 Å². The molecule has 0 aliphatic carbocycles. The van der Waals surface area contributed by atoms with Crippen LogP contribution in [0.25, 0.3) is 5.52 Å². The quantitative estimate of drug-likeness (QED) is 0.863. The Morgan fingerprint density at radius 2 is 2.36 bits per heavy atom. The number of β-amino-alcohol motifs (C(OH)–C–C–N with tert-alkyl or cyclic N) is 1. The van der Waals surface area contributed by atoms with Crippen LogP contribution in [0.15, 0.2) is 18.5 Å². The first-order valence-electron chi connectivity index (χ1n) is 7.50. The molecule has 1 amide bonds. The fourth-order valence-electron chi connectivity index (χ4n) is 3.10. The van der Waals surface area contributed by atoms with Gasteiger partial charge in [-0.05, 0) is 25.8 Å². The average Bonchev–Trinajstić information content (AvgIpc) is 2.86. The standard InChI is InChI=1S/C15H21N5O2/c1-11-8-12-14(17-5-7-20(12)18-11)19-6-3-4-15(22,10-19)9-13(21)16-2/h5,7-8,22H,3-4,6,9-10H2,1-2H3,(H,16,21). The molecule has 1 aliphatic rings. The molecule has 1 atom stereocenters. The van der Waals surface area contributed by atoms with E-state index in [-0.39, 0.29) is 12.3 Å². The van der Waals surface area contributed by atoms with E-state index in [1.807, 2.05) is 24.1 Å². The van der Waals surface area contributed by atoms with Crippen LogP contribution in [0.2, 0.25) is 0 Å². The highest BCUT2D eigenvalue weighted by Gasteiger charge is 2.36. The minimum absolute atomic E-state index is 0.113. The molecular formula is C15H21N5O2. The van der Waals surface area contributed by atoms with Gasteiger partial charge in [-0.2, -0.15) is 5.10 Å². The largest absolute Gasteiger partial charge is 0.388 e. The second-order valence-corrected chi connectivity index (χ2v) is 5.97. The molecule has 1 aliphatic heterocycles. The van der Waals surface area contributed by atoms with Crippen molar-refractivity contribution in [2.24, 2.45) is 0 Å². The van der Waals surface area contributed by atoms with Gasteiger partial charge in [0.1, 0.15) is 5.52 Å². The molecule has 0 radical (unpaired) electrons. The van der Waals surface area contributed by atoms with Gasteiger partial charge in [0.25, 0.3) is 0 Å². The molecule has 0 bridgehead atoms. The van der Waals surface area contributed by atoms with Crippen molar-refractivity contribution in [2.75, 3.05) is 25.0 Å². The SMILES string of the molecule is CNC(=O)CC1(O)CCCN(c2nccn3nc(C)cc23)C1. The zero-order valence-corrected chi connectivity index (χ0v) is 12.9. The lowest BCUT2D eigenvalue weighted by molar-refractivity contribution is -0.125. The summed E-state index contributed by atoms with van der Waals surface area (Å²) in [7, 11) is 1.59. The van der Waals surface area contributed by atoms with E-state index in [2.05, 4.69) is 15.4 Å². The first-order chi connectivity index (χ1) is 10.5. The number of aryl methyl sites for hydroxylation is 1. The monoisotopic (exact) mass is 303 g/mol. The van der Waals surface area contributed by atoms with E-state index < -0.39 is 5.60 Å². The van der Waals surface area contributed by atoms with Gasteiger partial charge in [0.15, 0.2) is 5.82 Å². The number of aromatic nitrogens is 3. The maximum absolute atomic E-state index is 11.6. The Hall–Kier alpha value is -2.15. The predicted octanol–water partition coefficient (Wildman–Crippen LogP) is 0.505. The van der Waals surface area contributed by atoms with Crippen LogP contribution in [-0.4, -0.2) is 51.4 Å². The summed E-state index contributed by atoms with van der Waals surface area (Å²) in [4.78, 5) is 18.1. The number of fused-ring (bicyclic) bond motifs is 1. The number of aliphatic hydroxyl groups is 1. The van der Waals surface area contributed by atoms with Gasteiger partial charge in [-0.1, -0.05) is 0 Å². The van der Waals surface area contributed by atoms with Gasteiger partial charge >= 0.3 is 0 Å². The zero-order chi connectivity index (χ0) is 15.7. The molecule has 22 heavy (non-hydrogen) atoms. The van der Waals surface area contributed by atoms with Gasteiger partial charge in [0.2, 0.25) is 5.91 Å². The van der Waals surface area contributed by atoms with Crippen LogP contribution in [0, 0.1) is 6.92 Å². The van der Waals surface area contributed by atoms with Crippen LogP contribution < -0.4 is 10.2 Å². The third-order valence-corrected chi connectivity index (χ3v) is 4.12. The molecular weight excluding hydrogens is 282 g/mol. The van der Waals surface area contributed by atoms with E-state index >= 15 is 0 Å². The molecule has 7 heteroatoms. The Bertz CT molecular complexity index is 698. The number of hydrogen-bond donors (Lipinski definition) is 2. The molecule has 3 heterocycles. The average molecular weight is 303 g/mol. The highest BCUT2D eigenvalue weighted by atomic mass is 16.3. The summed E-state index contributed by atoms with van der Waals surface area (Å²) < 4.78 is 1.80. The summed E-state index contributed by atoms with van der Waals surface area (Å²) in [5.74, 6) is 0.661. The van der Waals surface area contributed by atoms with E-state index in [0.29, 0.717) is 13.0 Å². The molecule has 2 aromatic rings.